The van der Waals surface area contributed by atoms with Crippen LogP contribution < -0.4 is 0 Å². The fraction of sp³-hybridized carbons (Fsp3) is 1.00. The molecule has 2 heterocycles. The van der Waals surface area contributed by atoms with Gasteiger partial charge in [-0.1, -0.05) is 0 Å². The molecule has 0 aromatic rings. The lowest BCUT2D eigenvalue weighted by molar-refractivity contribution is -0.00905. The smallest absolute Gasteiger partial charge is 0.110 e. The zero-order chi connectivity index (χ0) is 6.27. The van der Waals surface area contributed by atoms with Crippen molar-refractivity contribution in [3.63, 3.8) is 0 Å². The summed E-state index contributed by atoms with van der Waals surface area (Å²) in [4.78, 5) is 2.44. The van der Waals surface area contributed by atoms with E-state index >= 15 is 0 Å². The molecule has 0 spiro atoms. The minimum Gasteiger partial charge on any atom is -0.366 e. The lowest BCUT2D eigenvalue weighted by Gasteiger charge is -2.22. The van der Waals surface area contributed by atoms with E-state index in [2.05, 4.69) is 4.90 Å². The van der Waals surface area contributed by atoms with Gasteiger partial charge in [-0.2, -0.15) is 0 Å². The molecule has 2 fully saturated rings. The first-order valence-corrected chi connectivity index (χ1v) is 3.67. The number of hydrogen-bond acceptors (Lipinski definition) is 2. The standard InChI is InChI=1S/C7H13NO/c1-9-7-4-6-2-3-8(7)5-6/h6-7H,2-5H2,1H3. The SMILES string of the molecule is COC1CC2CCN1C2. The van der Waals surface area contributed by atoms with Crippen molar-refractivity contribution in [1.29, 1.82) is 0 Å². The molecule has 2 saturated heterocycles. The van der Waals surface area contributed by atoms with E-state index < -0.39 is 0 Å². The van der Waals surface area contributed by atoms with Crippen LogP contribution >= 0.6 is 0 Å². The summed E-state index contributed by atoms with van der Waals surface area (Å²) in [5.74, 6) is 0.954. The van der Waals surface area contributed by atoms with Gasteiger partial charge in [-0.25, -0.2) is 0 Å². The summed E-state index contributed by atoms with van der Waals surface area (Å²) in [6, 6.07) is 0. The van der Waals surface area contributed by atoms with Crippen LogP contribution in [0, 0.1) is 5.92 Å². The van der Waals surface area contributed by atoms with Crippen LogP contribution in [0.1, 0.15) is 12.8 Å². The highest BCUT2D eigenvalue weighted by Gasteiger charge is 2.37. The molecule has 9 heavy (non-hydrogen) atoms. The number of hydrogen-bond donors (Lipinski definition) is 0. The van der Waals surface area contributed by atoms with Gasteiger partial charge in [0.25, 0.3) is 0 Å². The van der Waals surface area contributed by atoms with Crippen molar-refractivity contribution in [2.75, 3.05) is 20.2 Å². The molecule has 0 radical (unpaired) electrons. The van der Waals surface area contributed by atoms with Crippen LogP contribution in [0.15, 0.2) is 0 Å². The molecule has 0 saturated carbocycles. The van der Waals surface area contributed by atoms with Crippen molar-refractivity contribution in [1.82, 2.24) is 4.90 Å². The van der Waals surface area contributed by atoms with Crippen molar-refractivity contribution < 1.29 is 4.74 Å². The molecule has 3 atom stereocenters. The Balaban J connectivity index is 2.01. The topological polar surface area (TPSA) is 12.5 Å². The molecule has 0 aliphatic carbocycles. The fourth-order valence-electron chi connectivity index (χ4n) is 2.00. The van der Waals surface area contributed by atoms with E-state index in [0.29, 0.717) is 6.23 Å². The normalized spacial score (nSPS) is 48.3. The maximum atomic E-state index is 5.27. The van der Waals surface area contributed by atoms with Crippen LogP contribution in [0.25, 0.3) is 0 Å². The van der Waals surface area contributed by atoms with Crippen LogP contribution in [0.4, 0.5) is 0 Å². The van der Waals surface area contributed by atoms with E-state index in [9.17, 15) is 0 Å². The second kappa shape index (κ2) is 1.96. The summed E-state index contributed by atoms with van der Waals surface area (Å²) in [7, 11) is 1.81. The summed E-state index contributed by atoms with van der Waals surface area (Å²) in [6.07, 6.45) is 3.14. The highest BCUT2D eigenvalue weighted by molar-refractivity contribution is 4.86. The van der Waals surface area contributed by atoms with Crippen LogP contribution in [0.3, 0.4) is 0 Å². The van der Waals surface area contributed by atoms with Crippen LogP contribution in [-0.4, -0.2) is 31.3 Å². The maximum absolute atomic E-state index is 5.27. The molecule has 2 rings (SSSR count). The first-order valence-electron chi connectivity index (χ1n) is 3.67. The number of rotatable bonds is 1. The third-order valence-electron chi connectivity index (χ3n) is 2.53. The van der Waals surface area contributed by atoms with Gasteiger partial charge in [0.1, 0.15) is 6.23 Å². The minimum atomic E-state index is 0.462. The molecule has 2 aliphatic heterocycles. The van der Waals surface area contributed by atoms with Crippen molar-refractivity contribution in [2.24, 2.45) is 5.92 Å². The molecule has 0 amide bonds. The van der Waals surface area contributed by atoms with Gasteiger partial charge < -0.3 is 4.74 Å². The van der Waals surface area contributed by atoms with Crippen LogP contribution in [0.5, 0.6) is 0 Å². The van der Waals surface area contributed by atoms with E-state index in [1.54, 1.807) is 0 Å². The zero-order valence-electron chi connectivity index (χ0n) is 5.84. The molecular weight excluding hydrogens is 114 g/mol. The minimum absolute atomic E-state index is 0.462. The van der Waals surface area contributed by atoms with Gasteiger partial charge in [0, 0.05) is 20.2 Å². The Kier molecular flexibility index (Phi) is 1.24. The van der Waals surface area contributed by atoms with Crippen LogP contribution in [0.2, 0.25) is 0 Å². The van der Waals surface area contributed by atoms with Crippen molar-refractivity contribution in [2.45, 2.75) is 19.1 Å². The third-order valence-corrected chi connectivity index (χ3v) is 2.53. The predicted octanol–water partition coefficient (Wildman–Crippen LogP) is 0.684. The second-order valence-electron chi connectivity index (χ2n) is 3.08. The van der Waals surface area contributed by atoms with Gasteiger partial charge in [0.15, 0.2) is 0 Å². The van der Waals surface area contributed by atoms with Gasteiger partial charge in [-0.15, -0.1) is 0 Å². The Morgan fingerprint density at radius 3 is 2.78 bits per heavy atom. The summed E-state index contributed by atoms with van der Waals surface area (Å²) >= 11 is 0. The molecule has 52 valence electrons. The van der Waals surface area contributed by atoms with Gasteiger partial charge in [0.2, 0.25) is 0 Å². The highest BCUT2D eigenvalue weighted by Crippen LogP contribution is 2.32. The molecule has 2 bridgehead atoms. The Hall–Kier alpha value is -0.0800. The van der Waals surface area contributed by atoms with E-state index in [1.165, 1.54) is 25.9 Å². The fourth-order valence-corrected chi connectivity index (χ4v) is 2.00. The third kappa shape index (κ3) is 0.775. The highest BCUT2D eigenvalue weighted by atomic mass is 16.5. The second-order valence-corrected chi connectivity index (χ2v) is 3.08. The van der Waals surface area contributed by atoms with E-state index in [4.69, 9.17) is 4.74 Å². The molecule has 3 unspecified atom stereocenters. The molecule has 0 aromatic heterocycles. The first-order chi connectivity index (χ1) is 4.40. The Bertz CT molecular complexity index is 115. The Morgan fingerprint density at radius 2 is 2.44 bits per heavy atom. The van der Waals surface area contributed by atoms with Gasteiger partial charge in [0.05, 0.1) is 0 Å². The molecular formula is C7H13NO. The van der Waals surface area contributed by atoms with Crippen LogP contribution in [-0.2, 0) is 4.74 Å². The van der Waals surface area contributed by atoms with Crippen molar-refractivity contribution in [3.8, 4) is 0 Å². The number of fused-ring (bicyclic) bond motifs is 2. The Labute approximate surface area is 55.8 Å². The lowest BCUT2D eigenvalue weighted by atomic mass is 10.1. The summed E-state index contributed by atoms with van der Waals surface area (Å²) in [6.45, 7) is 2.56. The van der Waals surface area contributed by atoms with Crippen molar-refractivity contribution in [3.05, 3.63) is 0 Å². The Morgan fingerprint density at radius 1 is 1.56 bits per heavy atom. The molecule has 2 heteroatoms. The van der Waals surface area contributed by atoms with E-state index in [0.717, 1.165) is 5.92 Å². The van der Waals surface area contributed by atoms with E-state index in [-0.39, 0.29) is 0 Å². The van der Waals surface area contributed by atoms with Gasteiger partial charge >= 0.3 is 0 Å². The molecule has 0 aromatic carbocycles. The van der Waals surface area contributed by atoms with E-state index in [1.807, 2.05) is 7.11 Å². The average molecular weight is 127 g/mol. The number of methoxy groups -OCH3 is 1. The monoisotopic (exact) mass is 127 g/mol. The maximum Gasteiger partial charge on any atom is 0.110 e. The quantitative estimate of drug-likeness (QED) is 0.513. The van der Waals surface area contributed by atoms with Crippen molar-refractivity contribution >= 4 is 0 Å². The number of nitrogens with zero attached hydrogens (tertiary/aromatic N) is 1. The molecule has 2 aliphatic rings. The largest absolute Gasteiger partial charge is 0.366 e. The number of ether oxygens (including phenoxy) is 1. The van der Waals surface area contributed by atoms with Gasteiger partial charge in [-0.3, -0.25) is 4.90 Å². The lowest BCUT2D eigenvalue weighted by Crippen LogP contribution is -2.30. The number of piperidine rings is 1. The summed E-state index contributed by atoms with van der Waals surface area (Å²) in [5.41, 5.74) is 0. The average Bonchev–Trinajstić information content (AvgIpc) is 2.45. The first kappa shape index (κ1) is 5.69. The predicted molar refractivity (Wildman–Crippen MR) is 35.1 cm³/mol. The zero-order valence-corrected chi connectivity index (χ0v) is 5.84. The summed E-state index contributed by atoms with van der Waals surface area (Å²) < 4.78 is 5.27. The summed E-state index contributed by atoms with van der Waals surface area (Å²) in [5, 5.41) is 0. The molecule has 2 nitrogen and oxygen atoms in total. The van der Waals surface area contributed by atoms with Gasteiger partial charge in [-0.05, 0) is 18.8 Å². The molecule has 0 N–H and O–H groups in total.